The van der Waals surface area contributed by atoms with E-state index in [-0.39, 0.29) is 11.7 Å². The summed E-state index contributed by atoms with van der Waals surface area (Å²) in [5.74, 6) is -1.88. The fraction of sp³-hybridized carbons (Fsp3) is 0.556. The number of carboxylic acids is 1. The standard InChI is InChI=1S/C9H10ClN3O4/c10-6-7(9(14)15)12(5-3-1-2-4-5)11-8(6)13(16)17/h5H,1-4H2,(H,14,15). The van der Waals surface area contributed by atoms with Gasteiger partial charge >= 0.3 is 11.8 Å². The highest BCUT2D eigenvalue weighted by Crippen LogP contribution is 2.35. The van der Waals surface area contributed by atoms with Crippen LogP contribution in [0.4, 0.5) is 5.82 Å². The molecule has 0 aromatic carbocycles. The molecule has 1 aromatic heterocycles. The number of hydrogen-bond acceptors (Lipinski definition) is 4. The Balaban J connectivity index is 2.52. The van der Waals surface area contributed by atoms with Gasteiger partial charge in [-0.15, -0.1) is 0 Å². The summed E-state index contributed by atoms with van der Waals surface area (Å²) in [5.41, 5.74) is -0.287. The molecule has 0 saturated heterocycles. The van der Waals surface area contributed by atoms with E-state index in [1.807, 2.05) is 0 Å². The monoisotopic (exact) mass is 259 g/mol. The van der Waals surface area contributed by atoms with E-state index >= 15 is 0 Å². The van der Waals surface area contributed by atoms with Crippen molar-refractivity contribution >= 4 is 23.4 Å². The minimum Gasteiger partial charge on any atom is -0.476 e. The van der Waals surface area contributed by atoms with E-state index in [0.29, 0.717) is 0 Å². The lowest BCUT2D eigenvalue weighted by Crippen LogP contribution is -2.14. The molecule has 0 unspecified atom stereocenters. The summed E-state index contributed by atoms with van der Waals surface area (Å²) < 4.78 is 1.19. The first-order chi connectivity index (χ1) is 8.02. The minimum atomic E-state index is -1.29. The van der Waals surface area contributed by atoms with Gasteiger partial charge in [0.15, 0.2) is 10.7 Å². The van der Waals surface area contributed by atoms with Gasteiger partial charge in [0.25, 0.3) is 0 Å². The molecule has 0 spiro atoms. The molecule has 0 bridgehead atoms. The smallest absolute Gasteiger partial charge is 0.409 e. The maximum absolute atomic E-state index is 11.1. The summed E-state index contributed by atoms with van der Waals surface area (Å²) in [6.07, 6.45) is 3.48. The van der Waals surface area contributed by atoms with Crippen molar-refractivity contribution in [2.75, 3.05) is 0 Å². The number of halogens is 1. The maximum atomic E-state index is 11.1. The van der Waals surface area contributed by atoms with Crippen molar-refractivity contribution in [3.63, 3.8) is 0 Å². The summed E-state index contributed by atoms with van der Waals surface area (Å²) >= 11 is 5.69. The second kappa shape index (κ2) is 4.33. The van der Waals surface area contributed by atoms with Gasteiger partial charge in [0.05, 0.1) is 11.1 Å². The zero-order valence-corrected chi connectivity index (χ0v) is 9.55. The van der Waals surface area contributed by atoms with Crippen LogP contribution in [0.15, 0.2) is 0 Å². The molecule has 1 aliphatic carbocycles. The van der Waals surface area contributed by atoms with Crippen LogP contribution in [0.25, 0.3) is 0 Å². The van der Waals surface area contributed by atoms with Gasteiger partial charge in [-0.3, -0.25) is 0 Å². The van der Waals surface area contributed by atoms with E-state index in [0.717, 1.165) is 25.7 Å². The van der Waals surface area contributed by atoms with Crippen LogP contribution in [-0.4, -0.2) is 25.8 Å². The Morgan fingerprint density at radius 3 is 2.59 bits per heavy atom. The third-order valence-electron chi connectivity index (χ3n) is 2.88. The summed E-state index contributed by atoms with van der Waals surface area (Å²) in [4.78, 5) is 21.0. The third kappa shape index (κ3) is 1.97. The summed E-state index contributed by atoms with van der Waals surface area (Å²) in [6.45, 7) is 0. The molecule has 0 atom stereocenters. The highest BCUT2D eigenvalue weighted by molar-refractivity contribution is 6.35. The molecule has 1 aliphatic rings. The van der Waals surface area contributed by atoms with Crippen molar-refractivity contribution in [3.05, 3.63) is 20.8 Å². The number of aromatic carboxylic acids is 1. The third-order valence-corrected chi connectivity index (χ3v) is 3.23. The molecule has 1 aromatic rings. The summed E-state index contributed by atoms with van der Waals surface area (Å²) in [7, 11) is 0. The van der Waals surface area contributed by atoms with E-state index < -0.39 is 21.7 Å². The molecule has 8 heteroatoms. The van der Waals surface area contributed by atoms with E-state index in [4.69, 9.17) is 16.7 Å². The molecule has 7 nitrogen and oxygen atoms in total. The van der Waals surface area contributed by atoms with Crippen molar-refractivity contribution in [2.45, 2.75) is 31.7 Å². The topological polar surface area (TPSA) is 98.3 Å². The minimum absolute atomic E-state index is 0.104. The molecule has 0 radical (unpaired) electrons. The lowest BCUT2D eigenvalue weighted by atomic mass is 10.2. The Labute approximate surface area is 101 Å². The first kappa shape index (κ1) is 11.8. The van der Waals surface area contributed by atoms with E-state index in [1.54, 1.807) is 0 Å². The molecular weight excluding hydrogens is 250 g/mol. The van der Waals surface area contributed by atoms with Gasteiger partial charge in [-0.25, -0.2) is 4.79 Å². The molecule has 1 fully saturated rings. The zero-order chi connectivity index (χ0) is 12.6. The quantitative estimate of drug-likeness (QED) is 0.663. The largest absolute Gasteiger partial charge is 0.476 e. The number of nitro groups is 1. The Hall–Kier alpha value is -1.63. The molecule has 92 valence electrons. The highest BCUT2D eigenvalue weighted by atomic mass is 35.5. The van der Waals surface area contributed by atoms with E-state index in [2.05, 4.69) is 5.10 Å². The Bertz CT molecular complexity index is 479. The lowest BCUT2D eigenvalue weighted by molar-refractivity contribution is -0.389. The predicted molar refractivity (Wildman–Crippen MR) is 58.4 cm³/mol. The molecule has 2 rings (SSSR count). The fourth-order valence-corrected chi connectivity index (χ4v) is 2.40. The SMILES string of the molecule is O=C(O)c1c(Cl)c([N+](=O)[O-])nn1C1CCCC1. The normalized spacial score (nSPS) is 16.3. The molecule has 0 amide bonds. The number of aromatic nitrogens is 2. The Morgan fingerprint density at radius 2 is 2.12 bits per heavy atom. The number of hydrogen-bond donors (Lipinski definition) is 1. The van der Waals surface area contributed by atoms with Gasteiger partial charge in [0.1, 0.15) is 0 Å². The van der Waals surface area contributed by atoms with Crippen LogP contribution in [0.2, 0.25) is 5.02 Å². The molecule has 0 aliphatic heterocycles. The summed E-state index contributed by atoms with van der Waals surface area (Å²) in [5, 5.41) is 23.0. The first-order valence-corrected chi connectivity index (χ1v) is 5.56. The highest BCUT2D eigenvalue weighted by Gasteiger charge is 2.35. The van der Waals surface area contributed by atoms with Crippen LogP contribution >= 0.6 is 11.6 Å². The average molecular weight is 260 g/mol. The van der Waals surface area contributed by atoms with Gasteiger partial charge in [0, 0.05) is 0 Å². The molecule has 1 saturated carbocycles. The van der Waals surface area contributed by atoms with Crippen molar-refractivity contribution in [3.8, 4) is 0 Å². The first-order valence-electron chi connectivity index (χ1n) is 5.18. The number of rotatable bonds is 3. The van der Waals surface area contributed by atoms with Crippen LogP contribution in [0, 0.1) is 10.1 Å². The summed E-state index contributed by atoms with van der Waals surface area (Å²) in [6, 6.07) is -0.104. The number of carboxylic acid groups (broad SMARTS) is 1. The van der Waals surface area contributed by atoms with Gasteiger partial charge in [-0.05, 0) is 17.8 Å². The second-order valence-corrected chi connectivity index (χ2v) is 4.31. The van der Waals surface area contributed by atoms with E-state index in [1.165, 1.54) is 4.68 Å². The van der Waals surface area contributed by atoms with Crippen LogP contribution in [0.1, 0.15) is 42.2 Å². The van der Waals surface area contributed by atoms with Gasteiger partial charge in [-0.1, -0.05) is 24.4 Å². The van der Waals surface area contributed by atoms with Crippen LogP contribution in [0.3, 0.4) is 0 Å². The second-order valence-electron chi connectivity index (χ2n) is 3.93. The maximum Gasteiger partial charge on any atom is 0.409 e. The molecule has 17 heavy (non-hydrogen) atoms. The zero-order valence-electron chi connectivity index (χ0n) is 8.80. The molecular formula is C9H10ClN3O4. The molecule has 1 heterocycles. The van der Waals surface area contributed by atoms with Crippen molar-refractivity contribution < 1.29 is 14.8 Å². The Morgan fingerprint density at radius 1 is 1.53 bits per heavy atom. The van der Waals surface area contributed by atoms with Crippen LogP contribution in [0.5, 0.6) is 0 Å². The van der Waals surface area contributed by atoms with Gasteiger partial charge < -0.3 is 15.2 Å². The Kier molecular flexibility index (Phi) is 3.01. The number of nitrogens with zero attached hydrogens (tertiary/aromatic N) is 3. The predicted octanol–water partition coefficient (Wildman–Crippen LogP) is 2.26. The average Bonchev–Trinajstić information content (AvgIpc) is 2.82. The molecule has 1 N–H and O–H groups in total. The van der Waals surface area contributed by atoms with Crippen LogP contribution in [-0.2, 0) is 0 Å². The lowest BCUT2D eigenvalue weighted by Gasteiger charge is -2.06. The van der Waals surface area contributed by atoms with Gasteiger partial charge in [0.2, 0.25) is 0 Å². The number of carbonyl (C=O) groups is 1. The van der Waals surface area contributed by atoms with Crippen molar-refractivity contribution in [2.24, 2.45) is 0 Å². The fourth-order valence-electron chi connectivity index (χ4n) is 2.12. The van der Waals surface area contributed by atoms with Crippen molar-refractivity contribution in [1.82, 2.24) is 9.78 Å². The van der Waals surface area contributed by atoms with Gasteiger partial charge in [-0.2, -0.15) is 4.68 Å². The van der Waals surface area contributed by atoms with E-state index in [9.17, 15) is 14.9 Å². The van der Waals surface area contributed by atoms with Crippen molar-refractivity contribution in [1.29, 1.82) is 0 Å². The van der Waals surface area contributed by atoms with Crippen LogP contribution < -0.4 is 0 Å².